The molecule has 0 heterocycles. The van der Waals surface area contributed by atoms with E-state index in [2.05, 4.69) is 24.3 Å². The van der Waals surface area contributed by atoms with E-state index in [9.17, 15) is 4.57 Å². The third-order valence-corrected chi connectivity index (χ3v) is 10.5. The first-order valence-corrected chi connectivity index (χ1v) is 12.5. The van der Waals surface area contributed by atoms with Gasteiger partial charge in [0.25, 0.3) is 0 Å². The van der Waals surface area contributed by atoms with E-state index in [0.717, 1.165) is 16.2 Å². The van der Waals surface area contributed by atoms with Gasteiger partial charge in [-0.3, -0.25) is 4.57 Å². The van der Waals surface area contributed by atoms with E-state index in [4.69, 9.17) is 9.05 Å². The Morgan fingerprint density at radius 2 is 1.11 bits per heavy atom. The summed E-state index contributed by atoms with van der Waals surface area (Å²) in [5, 5.41) is 1.92. The molecule has 1 atom stereocenters. The Hall–Kier alpha value is -1.76. The Morgan fingerprint density at radius 1 is 0.714 bits per heavy atom. The highest BCUT2D eigenvalue weighted by Crippen LogP contribution is 2.73. The van der Waals surface area contributed by atoms with Gasteiger partial charge in [0.1, 0.15) is 5.40 Å². The molecule has 0 amide bonds. The molecule has 3 aromatic rings. The molecule has 5 heteroatoms. The van der Waals surface area contributed by atoms with Crippen LogP contribution in [0.1, 0.15) is 24.8 Å². The summed E-state index contributed by atoms with van der Waals surface area (Å²) in [6.45, 7) is 4.41. The van der Waals surface area contributed by atoms with Gasteiger partial charge in [0.05, 0.1) is 13.2 Å². The molecular weight excluding hydrogens is 386 g/mol. The molecule has 0 radical (unpaired) electrons. The normalized spacial score (nSPS) is 12.8. The van der Waals surface area contributed by atoms with Gasteiger partial charge in [-0.2, -0.15) is 0 Å². The van der Waals surface area contributed by atoms with E-state index < -0.39 is 15.5 Å². The van der Waals surface area contributed by atoms with Crippen molar-refractivity contribution < 1.29 is 13.6 Å². The Kier molecular flexibility index (Phi) is 7.59. The Morgan fingerprint density at radius 3 is 1.50 bits per heavy atom. The first-order chi connectivity index (χ1) is 13.7. The monoisotopic (exact) mass is 412 g/mol. The van der Waals surface area contributed by atoms with Crippen LogP contribution in [0.2, 0.25) is 0 Å². The molecule has 0 bridgehead atoms. The van der Waals surface area contributed by atoms with Gasteiger partial charge in [0.15, 0.2) is 0 Å². The molecule has 3 rings (SSSR count). The van der Waals surface area contributed by atoms with Crippen molar-refractivity contribution in [2.24, 2.45) is 0 Å². The summed E-state index contributed by atoms with van der Waals surface area (Å²) in [6.07, 6.45) is 0. The zero-order chi connectivity index (χ0) is 19.8. The predicted molar refractivity (Wildman–Crippen MR) is 119 cm³/mol. The third-order valence-electron chi connectivity index (χ3n) is 4.33. The lowest BCUT2D eigenvalue weighted by Crippen LogP contribution is -2.19. The minimum absolute atomic E-state index is 0.341. The molecule has 0 saturated heterocycles. The summed E-state index contributed by atoms with van der Waals surface area (Å²) in [7, 11) is -4.42. The molecule has 0 aromatic heterocycles. The van der Waals surface area contributed by atoms with Crippen LogP contribution >= 0.6 is 15.5 Å². The molecule has 146 valence electrons. The van der Waals surface area contributed by atoms with Crippen LogP contribution in [-0.2, 0) is 13.6 Å². The molecular formula is C23H26O3P2. The van der Waals surface area contributed by atoms with Crippen molar-refractivity contribution >= 4 is 26.1 Å². The SMILES string of the molecule is CCOP(=O)(OCC)C(c1ccccc1)P(c1ccccc1)c1ccccc1. The summed E-state index contributed by atoms with van der Waals surface area (Å²) in [5.74, 6) is 0. The van der Waals surface area contributed by atoms with Crippen LogP contribution in [0.3, 0.4) is 0 Å². The van der Waals surface area contributed by atoms with Crippen LogP contribution in [0.15, 0.2) is 91.0 Å². The molecule has 1 unspecified atom stereocenters. The zero-order valence-electron chi connectivity index (χ0n) is 16.3. The highest BCUT2D eigenvalue weighted by Gasteiger charge is 2.43. The number of hydrogen-bond donors (Lipinski definition) is 0. The van der Waals surface area contributed by atoms with Crippen molar-refractivity contribution in [3.8, 4) is 0 Å². The fourth-order valence-electron chi connectivity index (χ4n) is 3.25. The lowest BCUT2D eigenvalue weighted by molar-refractivity contribution is 0.218. The average Bonchev–Trinajstić information content (AvgIpc) is 2.74. The molecule has 3 nitrogen and oxygen atoms in total. The van der Waals surface area contributed by atoms with Gasteiger partial charge in [-0.1, -0.05) is 91.0 Å². The molecule has 0 N–H and O–H groups in total. The minimum atomic E-state index is -3.41. The van der Waals surface area contributed by atoms with Crippen molar-refractivity contribution in [3.63, 3.8) is 0 Å². The summed E-state index contributed by atoms with van der Waals surface area (Å²) in [4.78, 5) is 0. The van der Waals surface area contributed by atoms with E-state index in [0.29, 0.717) is 13.2 Å². The van der Waals surface area contributed by atoms with Crippen molar-refractivity contribution in [3.05, 3.63) is 96.6 Å². The van der Waals surface area contributed by atoms with Crippen LogP contribution in [0, 0.1) is 0 Å². The maximum absolute atomic E-state index is 14.1. The maximum atomic E-state index is 14.1. The fraction of sp³-hybridized carbons (Fsp3) is 0.217. The van der Waals surface area contributed by atoms with Gasteiger partial charge < -0.3 is 9.05 Å². The summed E-state index contributed by atoms with van der Waals surface area (Å²) < 4.78 is 25.8. The summed E-state index contributed by atoms with van der Waals surface area (Å²) in [5.41, 5.74) is 0.978. The van der Waals surface area contributed by atoms with Gasteiger partial charge >= 0.3 is 7.60 Å². The molecule has 0 aliphatic heterocycles. The van der Waals surface area contributed by atoms with Crippen molar-refractivity contribution in [2.75, 3.05) is 13.2 Å². The Labute approximate surface area is 169 Å². The first-order valence-electron chi connectivity index (χ1n) is 9.52. The standard InChI is InChI=1S/C23H26O3P2/c1-3-25-28(24,26-4-2)23(20-14-8-5-9-15-20)27(21-16-10-6-11-17-21)22-18-12-7-13-19-22/h5-19,23H,3-4H2,1-2H3. The topological polar surface area (TPSA) is 35.5 Å². The van der Waals surface area contributed by atoms with Crippen LogP contribution in [0.25, 0.3) is 0 Å². The number of benzene rings is 3. The lowest BCUT2D eigenvalue weighted by atomic mass is 10.2. The Balaban J connectivity index is 2.24. The number of rotatable bonds is 9. The van der Waals surface area contributed by atoms with Crippen LogP contribution in [-0.4, -0.2) is 13.2 Å². The van der Waals surface area contributed by atoms with Gasteiger partial charge in [-0.05, 0) is 37.9 Å². The average molecular weight is 412 g/mol. The highest BCUT2D eigenvalue weighted by atomic mass is 31.2. The van der Waals surface area contributed by atoms with Crippen LogP contribution in [0.4, 0.5) is 0 Å². The zero-order valence-corrected chi connectivity index (χ0v) is 18.1. The maximum Gasteiger partial charge on any atom is 0.342 e. The smallest absolute Gasteiger partial charge is 0.308 e. The molecule has 0 saturated carbocycles. The molecule has 0 spiro atoms. The second-order valence-corrected chi connectivity index (χ2v) is 11.0. The molecule has 28 heavy (non-hydrogen) atoms. The second kappa shape index (κ2) is 10.1. The van der Waals surface area contributed by atoms with E-state index in [1.54, 1.807) is 0 Å². The first kappa shape index (κ1) is 21.0. The molecule has 0 aliphatic rings. The lowest BCUT2D eigenvalue weighted by Gasteiger charge is -2.34. The van der Waals surface area contributed by atoms with Crippen LogP contribution in [0.5, 0.6) is 0 Å². The molecule has 0 fully saturated rings. The van der Waals surface area contributed by atoms with E-state index in [1.807, 2.05) is 80.6 Å². The number of hydrogen-bond acceptors (Lipinski definition) is 3. The fourth-order valence-corrected chi connectivity index (χ4v) is 9.51. The second-order valence-electron chi connectivity index (χ2n) is 6.20. The van der Waals surface area contributed by atoms with Crippen LogP contribution < -0.4 is 10.6 Å². The summed E-state index contributed by atoms with van der Waals surface area (Å²) >= 11 is 0. The third kappa shape index (κ3) is 4.80. The minimum Gasteiger partial charge on any atom is -0.308 e. The van der Waals surface area contributed by atoms with Crippen molar-refractivity contribution in [1.29, 1.82) is 0 Å². The largest absolute Gasteiger partial charge is 0.342 e. The highest BCUT2D eigenvalue weighted by molar-refractivity contribution is 7.82. The van der Waals surface area contributed by atoms with Gasteiger partial charge in [0, 0.05) is 0 Å². The predicted octanol–water partition coefficient (Wildman–Crippen LogP) is 6.08. The molecule has 3 aromatic carbocycles. The van der Waals surface area contributed by atoms with E-state index in [1.165, 1.54) is 0 Å². The van der Waals surface area contributed by atoms with E-state index >= 15 is 0 Å². The Bertz CT molecular complexity index is 836. The van der Waals surface area contributed by atoms with Crippen molar-refractivity contribution in [1.82, 2.24) is 0 Å². The van der Waals surface area contributed by atoms with Gasteiger partial charge in [0.2, 0.25) is 0 Å². The molecule has 0 aliphatic carbocycles. The van der Waals surface area contributed by atoms with Crippen molar-refractivity contribution in [2.45, 2.75) is 19.2 Å². The van der Waals surface area contributed by atoms with Gasteiger partial charge in [-0.15, -0.1) is 0 Å². The van der Waals surface area contributed by atoms with Gasteiger partial charge in [-0.25, -0.2) is 0 Å². The van der Waals surface area contributed by atoms with E-state index in [-0.39, 0.29) is 5.40 Å². The summed E-state index contributed by atoms with van der Waals surface area (Å²) in [6, 6.07) is 30.5. The quantitative estimate of drug-likeness (QED) is 0.399.